The molecule has 0 spiro atoms. The molecule has 1 aromatic rings. The lowest BCUT2D eigenvalue weighted by Gasteiger charge is -2.49. The fraction of sp³-hybridized carbons (Fsp3) is 0.346. The van der Waals surface area contributed by atoms with Crippen LogP contribution in [-0.2, 0) is 28.7 Å². The number of ether oxygens (including phenoxy) is 2. The van der Waals surface area contributed by atoms with Crippen LogP contribution in [0.15, 0.2) is 58.9 Å². The van der Waals surface area contributed by atoms with Gasteiger partial charge in [-0.3, -0.25) is 29.4 Å². The van der Waals surface area contributed by atoms with E-state index in [0.29, 0.717) is 9.91 Å². The van der Waals surface area contributed by atoms with Gasteiger partial charge in [0.05, 0.1) is 0 Å². The van der Waals surface area contributed by atoms with E-state index >= 15 is 0 Å². The van der Waals surface area contributed by atoms with E-state index in [-0.39, 0.29) is 41.7 Å². The van der Waals surface area contributed by atoms with E-state index in [1.54, 1.807) is 24.3 Å². The monoisotopic (exact) mass is 643 g/mol. The van der Waals surface area contributed by atoms with Crippen LogP contribution in [0, 0.1) is 10.1 Å². The number of hydrazone groups is 1. The second-order valence-electron chi connectivity index (χ2n) is 9.88. The number of imide groups is 1. The first-order chi connectivity index (χ1) is 21.5. The number of fused-ring (bicyclic) bond motifs is 1. The molecule has 19 heteroatoms. The molecule has 4 aliphatic rings. The summed E-state index contributed by atoms with van der Waals surface area (Å²) in [5.41, 5.74) is 0.0779. The number of hydrogen-bond acceptors (Lipinski definition) is 12. The summed E-state index contributed by atoms with van der Waals surface area (Å²) in [6.45, 7) is 0.453. The van der Waals surface area contributed by atoms with E-state index in [2.05, 4.69) is 15.7 Å². The fourth-order valence-electron chi connectivity index (χ4n) is 4.90. The van der Waals surface area contributed by atoms with Crippen LogP contribution < -0.4 is 10.6 Å². The van der Waals surface area contributed by atoms with Crippen LogP contribution in [0.5, 0.6) is 0 Å². The van der Waals surface area contributed by atoms with Crippen LogP contribution in [-0.4, -0.2) is 110 Å². The number of thioether (sulfide) groups is 1. The van der Waals surface area contributed by atoms with E-state index in [0.717, 1.165) is 23.6 Å². The molecule has 5 rings (SSSR count). The van der Waals surface area contributed by atoms with Crippen LogP contribution in [0.25, 0.3) is 0 Å². The Balaban J connectivity index is 1.34. The van der Waals surface area contributed by atoms with Crippen molar-refractivity contribution in [2.24, 2.45) is 5.10 Å². The van der Waals surface area contributed by atoms with Gasteiger partial charge in [-0.15, -0.1) is 16.9 Å². The summed E-state index contributed by atoms with van der Waals surface area (Å²) in [6, 6.07) is 2.64. The molecule has 3 unspecified atom stereocenters. The minimum Gasteiger partial charge on any atom is -0.477 e. The maximum atomic E-state index is 13.6. The number of esters is 1. The number of carboxylic acids is 1. The van der Waals surface area contributed by atoms with Crippen molar-refractivity contribution in [1.82, 2.24) is 25.4 Å². The lowest BCUT2D eigenvalue weighted by molar-refractivity contribution is -0.536. The minimum atomic E-state index is -1.84. The Labute approximate surface area is 257 Å². The van der Waals surface area contributed by atoms with Crippen LogP contribution >= 0.6 is 11.8 Å². The summed E-state index contributed by atoms with van der Waals surface area (Å²) in [7, 11) is 0. The van der Waals surface area contributed by atoms with Gasteiger partial charge in [-0.2, -0.15) is 4.90 Å². The average molecular weight is 644 g/mol. The molecule has 4 heterocycles. The zero-order valence-electron chi connectivity index (χ0n) is 23.4. The molecule has 0 saturated carbocycles. The number of rotatable bonds is 9. The molecule has 4 atom stereocenters. The van der Waals surface area contributed by atoms with Gasteiger partial charge < -0.3 is 25.2 Å². The van der Waals surface area contributed by atoms with E-state index in [4.69, 9.17) is 9.47 Å². The normalized spacial score (nSPS) is 23.7. The second kappa shape index (κ2) is 12.6. The Hall–Kier alpha value is -5.46. The zero-order chi connectivity index (χ0) is 32.4. The molecule has 4 aliphatic heterocycles. The molecule has 18 nitrogen and oxygen atoms in total. The first-order valence-electron chi connectivity index (χ1n) is 13.3. The third kappa shape index (κ3) is 6.14. The summed E-state index contributed by atoms with van der Waals surface area (Å²) >= 11 is 1.14. The average Bonchev–Trinajstić information content (AvgIpc) is 3.65. The summed E-state index contributed by atoms with van der Waals surface area (Å²) in [4.78, 5) is 88.6. The maximum absolute atomic E-state index is 13.6. The molecule has 45 heavy (non-hydrogen) atoms. The smallest absolute Gasteiger partial charge is 0.354 e. The molecule has 1 aromatic carbocycles. The largest absolute Gasteiger partial charge is 0.477 e. The minimum absolute atomic E-state index is 0.0217. The van der Waals surface area contributed by atoms with Gasteiger partial charge in [0.25, 0.3) is 5.91 Å². The zero-order valence-corrected chi connectivity index (χ0v) is 24.2. The quantitative estimate of drug-likeness (QED) is 0.140. The number of carbonyl (C=O) groups excluding carboxylic acids is 5. The standard InChI is InChI=1S/C26H25N7O11S/c1-13(34)44-11-15-12-45-23-19(22(36)32(23)20(15)24(37)38)27-21(35)18(14-6-3-2-4-7-14)28-25(39)31-17(33(41)42)10-30(26(31)40)29-16-8-5-9-43-16/h2-8,17-19,23H,9-12H2,1H3,(H,27,35)(H,28,39)(H,37,38)/t17?,18?,19?,23-/m0/s1. The predicted octanol–water partition coefficient (Wildman–Crippen LogP) is -0.0207. The first kappa shape index (κ1) is 31.0. The number of hydrogen-bond donors (Lipinski definition) is 3. The lowest BCUT2D eigenvalue weighted by atomic mass is 10.0. The molecule has 6 amide bonds. The Kier molecular flexibility index (Phi) is 8.70. The molecular formula is C26H25N7O11S. The molecule has 3 N–H and O–H groups in total. The van der Waals surface area contributed by atoms with Crippen LogP contribution in [0.3, 0.4) is 0 Å². The number of β-lactam (4-membered cyclic amide) rings is 1. The number of nitrogens with zero attached hydrogens (tertiary/aromatic N) is 5. The molecule has 2 fully saturated rings. The van der Waals surface area contributed by atoms with Gasteiger partial charge in [-0.25, -0.2) is 19.4 Å². The first-order valence-corrected chi connectivity index (χ1v) is 14.3. The SMILES string of the molecule is CC(=O)OCC1=C(C(=O)O)N2C(=O)C(NC(=O)C(NC(=O)N3C(=O)N(N=C4C=CCO4)CC3[N+](=O)[O-])c3ccccc3)[C@@H]2SC1. The molecule has 0 bridgehead atoms. The van der Waals surface area contributed by atoms with Crippen molar-refractivity contribution in [2.45, 2.75) is 30.5 Å². The second-order valence-corrected chi connectivity index (χ2v) is 11.0. The van der Waals surface area contributed by atoms with Gasteiger partial charge in [-0.1, -0.05) is 30.3 Å². The fourth-order valence-corrected chi connectivity index (χ4v) is 6.23. The van der Waals surface area contributed by atoms with E-state index < -0.39 is 70.9 Å². The number of nitro groups is 1. The molecule has 0 radical (unpaired) electrons. The summed E-state index contributed by atoms with van der Waals surface area (Å²) in [5.74, 6) is -3.58. The van der Waals surface area contributed by atoms with Gasteiger partial charge in [-0.05, 0) is 11.6 Å². The van der Waals surface area contributed by atoms with E-state index in [1.807, 2.05) is 0 Å². The van der Waals surface area contributed by atoms with E-state index in [9.17, 15) is 44.0 Å². The van der Waals surface area contributed by atoms with Gasteiger partial charge in [0.1, 0.15) is 42.9 Å². The van der Waals surface area contributed by atoms with Crippen LogP contribution in [0.2, 0.25) is 0 Å². The number of aliphatic carboxylic acids is 1. The topological polar surface area (TPSA) is 230 Å². The summed E-state index contributed by atoms with van der Waals surface area (Å²) < 4.78 is 10.1. The molecular weight excluding hydrogens is 618 g/mol. The number of carbonyl (C=O) groups is 6. The third-order valence-electron chi connectivity index (χ3n) is 6.99. The van der Waals surface area contributed by atoms with Crippen molar-refractivity contribution in [3.05, 3.63) is 69.4 Å². The molecule has 236 valence electrons. The van der Waals surface area contributed by atoms with E-state index in [1.165, 1.54) is 18.2 Å². The number of urea groups is 2. The Bertz CT molecular complexity index is 1560. The predicted molar refractivity (Wildman–Crippen MR) is 151 cm³/mol. The van der Waals surface area contributed by atoms with Gasteiger partial charge in [0.2, 0.25) is 11.8 Å². The maximum Gasteiger partial charge on any atom is 0.354 e. The Morgan fingerprint density at radius 1 is 1.24 bits per heavy atom. The summed E-state index contributed by atoms with van der Waals surface area (Å²) in [5, 5.41) is 30.2. The van der Waals surface area contributed by atoms with Crippen molar-refractivity contribution in [3.63, 3.8) is 0 Å². The lowest BCUT2D eigenvalue weighted by Crippen LogP contribution is -2.71. The van der Waals surface area contributed by atoms with Crippen molar-refractivity contribution < 1.29 is 48.3 Å². The highest BCUT2D eigenvalue weighted by molar-refractivity contribution is 8.00. The highest BCUT2D eigenvalue weighted by Crippen LogP contribution is 2.40. The number of amides is 6. The van der Waals surface area contributed by atoms with Gasteiger partial charge in [0.15, 0.2) is 0 Å². The molecule has 2 saturated heterocycles. The highest BCUT2D eigenvalue weighted by atomic mass is 32.2. The number of benzene rings is 1. The molecule has 0 aliphatic carbocycles. The van der Waals surface area contributed by atoms with Gasteiger partial charge in [0, 0.05) is 29.2 Å². The van der Waals surface area contributed by atoms with Crippen molar-refractivity contribution >= 4 is 53.5 Å². The van der Waals surface area contributed by atoms with Crippen LogP contribution in [0.4, 0.5) is 9.59 Å². The van der Waals surface area contributed by atoms with Crippen molar-refractivity contribution in [2.75, 3.05) is 25.5 Å². The number of carboxylic acid groups (broad SMARTS) is 1. The molecule has 0 aromatic heterocycles. The van der Waals surface area contributed by atoms with Crippen molar-refractivity contribution in [3.8, 4) is 0 Å². The third-order valence-corrected chi connectivity index (χ3v) is 8.33. The number of nitrogens with one attached hydrogen (secondary N) is 2. The van der Waals surface area contributed by atoms with Crippen molar-refractivity contribution in [1.29, 1.82) is 0 Å². The Morgan fingerprint density at radius 3 is 2.60 bits per heavy atom. The Morgan fingerprint density at radius 2 is 1.98 bits per heavy atom. The highest BCUT2D eigenvalue weighted by Gasteiger charge is 2.55. The van der Waals surface area contributed by atoms with Crippen LogP contribution in [0.1, 0.15) is 18.5 Å². The summed E-state index contributed by atoms with van der Waals surface area (Å²) in [6.07, 6.45) is 1.22. The van der Waals surface area contributed by atoms with Gasteiger partial charge >= 0.3 is 30.2 Å².